The second-order valence-electron chi connectivity index (χ2n) is 7.24. The molecule has 0 saturated heterocycles. The fourth-order valence-corrected chi connectivity index (χ4v) is 2.63. The summed E-state index contributed by atoms with van der Waals surface area (Å²) in [6.07, 6.45) is 4.84. The average molecular weight is 286 g/mol. The lowest BCUT2D eigenvalue weighted by molar-refractivity contribution is 0.420. The van der Waals surface area contributed by atoms with E-state index in [9.17, 15) is 0 Å². The van der Waals surface area contributed by atoms with Gasteiger partial charge in [-0.15, -0.1) is 0 Å². The molecule has 1 fully saturated rings. The number of hydrogen-bond acceptors (Lipinski definition) is 3. The molecular formula is C17H26N4. The van der Waals surface area contributed by atoms with Crippen LogP contribution in [-0.2, 0) is 6.54 Å². The topological polar surface area (TPSA) is 32.6 Å². The van der Waals surface area contributed by atoms with Crippen molar-refractivity contribution in [2.45, 2.75) is 45.7 Å². The lowest BCUT2D eigenvalue weighted by atomic mass is 10.1. The van der Waals surface area contributed by atoms with Gasteiger partial charge in [0.2, 0.25) is 0 Å². The summed E-state index contributed by atoms with van der Waals surface area (Å²) >= 11 is 0. The highest BCUT2D eigenvalue weighted by atomic mass is 15.2. The second-order valence-corrected chi connectivity index (χ2v) is 7.24. The Hall–Kier alpha value is -1.55. The molecule has 4 nitrogen and oxygen atoms in total. The van der Waals surface area contributed by atoms with Crippen molar-refractivity contribution in [2.75, 3.05) is 18.5 Å². The van der Waals surface area contributed by atoms with Crippen LogP contribution in [0.15, 0.2) is 24.4 Å². The molecule has 3 rings (SSSR count). The molecule has 1 aliphatic rings. The van der Waals surface area contributed by atoms with Crippen LogP contribution in [0.1, 0.15) is 39.3 Å². The number of nitrogens with one attached hydrogen (secondary N) is 1. The molecule has 1 aliphatic carbocycles. The molecule has 1 N–H and O–H groups in total. The third kappa shape index (κ3) is 3.38. The smallest absolute Gasteiger partial charge is 0.152 e. The van der Waals surface area contributed by atoms with Gasteiger partial charge in [-0.05, 0) is 51.7 Å². The van der Waals surface area contributed by atoms with E-state index in [0.717, 1.165) is 30.5 Å². The van der Waals surface area contributed by atoms with E-state index in [0.29, 0.717) is 0 Å². The van der Waals surface area contributed by atoms with Crippen LogP contribution in [0.25, 0.3) is 5.65 Å². The van der Waals surface area contributed by atoms with Gasteiger partial charge in [0, 0.05) is 31.9 Å². The van der Waals surface area contributed by atoms with Gasteiger partial charge >= 0.3 is 0 Å². The van der Waals surface area contributed by atoms with Crippen molar-refractivity contribution in [1.29, 1.82) is 0 Å². The van der Waals surface area contributed by atoms with Crippen molar-refractivity contribution in [2.24, 2.45) is 5.92 Å². The van der Waals surface area contributed by atoms with Gasteiger partial charge in [0.15, 0.2) is 5.82 Å². The maximum atomic E-state index is 4.84. The average Bonchev–Trinajstić information content (AvgIpc) is 3.14. The van der Waals surface area contributed by atoms with Crippen molar-refractivity contribution >= 4 is 11.5 Å². The molecule has 0 radical (unpaired) electrons. The molecule has 0 aliphatic heterocycles. The molecule has 0 spiro atoms. The van der Waals surface area contributed by atoms with Crippen molar-refractivity contribution in [3.8, 4) is 0 Å². The Morgan fingerprint density at radius 3 is 2.76 bits per heavy atom. The lowest BCUT2D eigenvalue weighted by Gasteiger charge is -2.23. The first-order chi connectivity index (χ1) is 9.94. The molecule has 0 aromatic carbocycles. The molecular weight excluding hydrogens is 260 g/mol. The summed E-state index contributed by atoms with van der Waals surface area (Å²) in [5, 5.41) is 3.59. The predicted octanol–water partition coefficient (Wildman–Crippen LogP) is 3.07. The Bertz CT molecular complexity index is 619. The zero-order chi connectivity index (χ0) is 15.0. The maximum absolute atomic E-state index is 4.84. The first-order valence-corrected chi connectivity index (χ1v) is 7.86. The van der Waals surface area contributed by atoms with Crippen LogP contribution in [0.3, 0.4) is 0 Å². The highest BCUT2D eigenvalue weighted by Gasteiger charge is 2.25. The number of rotatable bonds is 5. The van der Waals surface area contributed by atoms with E-state index in [4.69, 9.17) is 4.98 Å². The van der Waals surface area contributed by atoms with Gasteiger partial charge in [0.1, 0.15) is 5.65 Å². The summed E-state index contributed by atoms with van der Waals surface area (Å²) in [6.45, 7) is 8.54. The fraction of sp³-hybridized carbons (Fsp3) is 0.588. The summed E-state index contributed by atoms with van der Waals surface area (Å²) in [6, 6.07) is 6.20. The van der Waals surface area contributed by atoms with E-state index in [2.05, 4.69) is 60.8 Å². The molecule has 2 aromatic rings. The minimum atomic E-state index is 0.102. The van der Waals surface area contributed by atoms with Crippen molar-refractivity contribution in [3.05, 3.63) is 30.1 Å². The summed E-state index contributed by atoms with van der Waals surface area (Å²) in [5.74, 6) is 1.98. The minimum absolute atomic E-state index is 0.102. The highest BCUT2D eigenvalue weighted by molar-refractivity contribution is 5.55. The van der Waals surface area contributed by atoms with Crippen LogP contribution < -0.4 is 10.2 Å². The normalized spacial score (nSPS) is 15.6. The number of imidazole rings is 1. The molecule has 21 heavy (non-hydrogen) atoms. The molecule has 0 unspecified atom stereocenters. The van der Waals surface area contributed by atoms with Crippen molar-refractivity contribution in [1.82, 2.24) is 14.7 Å². The van der Waals surface area contributed by atoms with Gasteiger partial charge in [-0.3, -0.25) is 0 Å². The quantitative estimate of drug-likeness (QED) is 0.917. The van der Waals surface area contributed by atoms with Gasteiger partial charge in [-0.1, -0.05) is 6.07 Å². The number of anilines is 1. The molecule has 0 atom stereocenters. The molecule has 0 amide bonds. The van der Waals surface area contributed by atoms with Gasteiger partial charge in [-0.2, -0.15) is 0 Å². The minimum Gasteiger partial charge on any atom is -0.358 e. The van der Waals surface area contributed by atoms with Crippen molar-refractivity contribution < 1.29 is 0 Å². The van der Waals surface area contributed by atoms with Gasteiger partial charge in [-0.25, -0.2) is 4.98 Å². The van der Waals surface area contributed by atoms with E-state index in [1.165, 1.54) is 18.5 Å². The third-order valence-electron chi connectivity index (χ3n) is 3.98. The van der Waals surface area contributed by atoms with E-state index in [1.807, 2.05) is 6.07 Å². The van der Waals surface area contributed by atoms with Crippen LogP contribution >= 0.6 is 0 Å². The molecule has 1 saturated carbocycles. The van der Waals surface area contributed by atoms with Crippen molar-refractivity contribution in [3.63, 3.8) is 0 Å². The number of nitrogens with zero attached hydrogens (tertiary/aromatic N) is 3. The maximum Gasteiger partial charge on any atom is 0.152 e. The zero-order valence-corrected chi connectivity index (χ0v) is 13.6. The van der Waals surface area contributed by atoms with Gasteiger partial charge in [0.25, 0.3) is 0 Å². The predicted molar refractivity (Wildman–Crippen MR) is 87.8 cm³/mol. The van der Waals surface area contributed by atoms with E-state index in [1.54, 1.807) is 0 Å². The summed E-state index contributed by atoms with van der Waals surface area (Å²) < 4.78 is 2.21. The third-order valence-corrected chi connectivity index (χ3v) is 3.98. The molecule has 2 aromatic heterocycles. The number of aromatic nitrogens is 2. The van der Waals surface area contributed by atoms with Crippen LogP contribution in [-0.4, -0.2) is 28.5 Å². The van der Waals surface area contributed by atoms with Gasteiger partial charge < -0.3 is 14.6 Å². The van der Waals surface area contributed by atoms with Crippen LogP contribution in [0.4, 0.5) is 5.82 Å². The van der Waals surface area contributed by atoms with E-state index < -0.39 is 0 Å². The number of hydrogen-bond donors (Lipinski definition) is 1. The molecule has 4 heteroatoms. The Balaban J connectivity index is 1.92. The summed E-state index contributed by atoms with van der Waals surface area (Å²) in [4.78, 5) is 7.17. The number of fused-ring (bicyclic) bond motifs is 1. The van der Waals surface area contributed by atoms with Crippen LogP contribution in [0.2, 0.25) is 0 Å². The molecule has 0 bridgehead atoms. The Kier molecular flexibility index (Phi) is 3.66. The van der Waals surface area contributed by atoms with Crippen LogP contribution in [0, 0.1) is 5.92 Å². The summed E-state index contributed by atoms with van der Waals surface area (Å²) in [5.41, 5.74) is 2.38. The monoisotopic (exact) mass is 286 g/mol. The van der Waals surface area contributed by atoms with Crippen LogP contribution in [0.5, 0.6) is 0 Å². The Morgan fingerprint density at radius 2 is 2.10 bits per heavy atom. The van der Waals surface area contributed by atoms with E-state index >= 15 is 0 Å². The first kappa shape index (κ1) is 14.4. The fourth-order valence-electron chi connectivity index (χ4n) is 2.63. The zero-order valence-electron chi connectivity index (χ0n) is 13.6. The Labute approximate surface area is 127 Å². The highest BCUT2D eigenvalue weighted by Crippen LogP contribution is 2.31. The first-order valence-electron chi connectivity index (χ1n) is 7.86. The standard InChI is InChI=1S/C17H26N4/c1-17(2,3)18-11-14-16(20(4)12-13-8-9-13)19-15-7-5-6-10-21(14)15/h5-7,10,13,18H,8-9,11-12H2,1-4H3. The van der Waals surface area contributed by atoms with E-state index in [-0.39, 0.29) is 5.54 Å². The summed E-state index contributed by atoms with van der Waals surface area (Å²) in [7, 11) is 2.17. The second kappa shape index (κ2) is 5.34. The molecule has 2 heterocycles. The molecule has 114 valence electrons. The Morgan fingerprint density at radius 1 is 1.33 bits per heavy atom. The largest absolute Gasteiger partial charge is 0.358 e. The SMILES string of the molecule is CN(CC1CC1)c1nc2ccccn2c1CNC(C)(C)C. The lowest BCUT2D eigenvalue weighted by Crippen LogP contribution is -2.36. The van der Waals surface area contributed by atoms with Gasteiger partial charge in [0.05, 0.1) is 5.69 Å². The number of pyridine rings is 1.